The van der Waals surface area contributed by atoms with Crippen LogP contribution >= 0.6 is 11.3 Å². The fraction of sp³-hybridized carbons (Fsp3) is 0.412. The minimum Gasteiger partial charge on any atom is -0.492 e. The number of nitrogens with zero attached hydrogens (tertiary/aromatic N) is 5. The highest BCUT2D eigenvalue weighted by Gasteiger charge is 2.22. The molecule has 0 unspecified atom stereocenters. The van der Waals surface area contributed by atoms with Crippen molar-refractivity contribution in [1.29, 1.82) is 0 Å². The molecule has 0 atom stereocenters. The molecule has 6 nitrogen and oxygen atoms in total. The standard InChI is InChI=1S/C17H21N5OS/c1-3-23-15-7-5-4-6-14(15)20-8-10-21(11-9-20)17-19-22-12-13(2)18-16(22)24-17/h4-7,12H,3,8-11H2,1-2H3. The van der Waals surface area contributed by atoms with Crippen molar-refractivity contribution in [2.75, 3.05) is 42.6 Å². The highest BCUT2D eigenvalue weighted by Crippen LogP contribution is 2.30. The summed E-state index contributed by atoms with van der Waals surface area (Å²) in [4.78, 5) is 10.2. The van der Waals surface area contributed by atoms with Gasteiger partial charge in [-0.1, -0.05) is 23.5 Å². The summed E-state index contributed by atoms with van der Waals surface area (Å²) in [5.41, 5.74) is 2.20. The number of imidazole rings is 1. The third-order valence-corrected chi connectivity index (χ3v) is 5.19. The van der Waals surface area contributed by atoms with Crippen molar-refractivity contribution in [1.82, 2.24) is 14.6 Å². The van der Waals surface area contributed by atoms with Crippen LogP contribution in [0, 0.1) is 6.92 Å². The largest absolute Gasteiger partial charge is 0.492 e. The summed E-state index contributed by atoms with van der Waals surface area (Å²) < 4.78 is 7.65. The zero-order valence-electron chi connectivity index (χ0n) is 14.0. The van der Waals surface area contributed by atoms with Gasteiger partial charge in [-0.15, -0.1) is 5.10 Å². The number of rotatable bonds is 4. The summed E-state index contributed by atoms with van der Waals surface area (Å²) in [6.45, 7) is 8.54. The highest BCUT2D eigenvalue weighted by molar-refractivity contribution is 7.20. The molecule has 0 bridgehead atoms. The van der Waals surface area contributed by atoms with Gasteiger partial charge < -0.3 is 14.5 Å². The van der Waals surface area contributed by atoms with E-state index in [1.165, 1.54) is 5.69 Å². The van der Waals surface area contributed by atoms with Gasteiger partial charge in [0.2, 0.25) is 10.1 Å². The normalized spacial score (nSPS) is 15.2. The van der Waals surface area contributed by atoms with E-state index in [1.807, 2.05) is 36.7 Å². The van der Waals surface area contributed by atoms with E-state index in [1.54, 1.807) is 11.3 Å². The number of anilines is 2. The van der Waals surface area contributed by atoms with Crippen LogP contribution in [0.1, 0.15) is 12.6 Å². The molecule has 0 spiro atoms. The van der Waals surface area contributed by atoms with E-state index in [2.05, 4.69) is 32.0 Å². The molecule has 1 saturated heterocycles. The van der Waals surface area contributed by atoms with Crippen LogP contribution in [0.4, 0.5) is 10.8 Å². The molecule has 0 radical (unpaired) electrons. The first-order chi connectivity index (χ1) is 11.7. The summed E-state index contributed by atoms with van der Waals surface area (Å²) in [7, 11) is 0. The van der Waals surface area contributed by atoms with Crippen LogP contribution in [0.2, 0.25) is 0 Å². The van der Waals surface area contributed by atoms with Crippen molar-refractivity contribution >= 4 is 27.1 Å². The molecule has 0 N–H and O–H groups in total. The number of hydrogen-bond acceptors (Lipinski definition) is 6. The van der Waals surface area contributed by atoms with Gasteiger partial charge in [0.15, 0.2) is 0 Å². The quantitative estimate of drug-likeness (QED) is 0.729. The second kappa shape index (κ2) is 6.32. The van der Waals surface area contributed by atoms with Crippen molar-refractivity contribution in [3.63, 3.8) is 0 Å². The van der Waals surface area contributed by atoms with Gasteiger partial charge in [-0.2, -0.15) is 0 Å². The maximum Gasteiger partial charge on any atom is 0.214 e. The monoisotopic (exact) mass is 343 g/mol. The van der Waals surface area contributed by atoms with Crippen molar-refractivity contribution in [3.05, 3.63) is 36.2 Å². The Balaban J connectivity index is 1.47. The van der Waals surface area contributed by atoms with Crippen LogP contribution in [-0.2, 0) is 0 Å². The van der Waals surface area contributed by atoms with Crippen LogP contribution in [0.5, 0.6) is 5.75 Å². The minimum atomic E-state index is 0.690. The lowest BCUT2D eigenvalue weighted by Crippen LogP contribution is -2.46. The molecule has 0 amide bonds. The Kier molecular flexibility index (Phi) is 4.02. The average molecular weight is 343 g/mol. The van der Waals surface area contributed by atoms with Crippen LogP contribution in [0.25, 0.3) is 4.96 Å². The third-order valence-electron chi connectivity index (χ3n) is 4.21. The van der Waals surface area contributed by atoms with E-state index in [0.29, 0.717) is 6.61 Å². The van der Waals surface area contributed by atoms with Crippen molar-refractivity contribution < 1.29 is 4.74 Å². The Labute approximate surface area is 145 Å². The molecule has 126 valence electrons. The van der Waals surface area contributed by atoms with Crippen LogP contribution in [0.3, 0.4) is 0 Å². The van der Waals surface area contributed by atoms with Gasteiger partial charge in [-0.25, -0.2) is 9.50 Å². The highest BCUT2D eigenvalue weighted by atomic mass is 32.1. The summed E-state index contributed by atoms with van der Waals surface area (Å²) in [5.74, 6) is 0.969. The van der Waals surface area contributed by atoms with Gasteiger partial charge in [0.1, 0.15) is 5.75 Å². The van der Waals surface area contributed by atoms with Crippen LogP contribution < -0.4 is 14.5 Å². The van der Waals surface area contributed by atoms with Crippen molar-refractivity contribution in [2.45, 2.75) is 13.8 Å². The van der Waals surface area contributed by atoms with Gasteiger partial charge in [0, 0.05) is 26.2 Å². The van der Waals surface area contributed by atoms with Crippen molar-refractivity contribution in [3.8, 4) is 5.75 Å². The van der Waals surface area contributed by atoms with E-state index in [9.17, 15) is 0 Å². The molecule has 0 saturated carbocycles. The number of piperazine rings is 1. The molecule has 3 heterocycles. The molecule has 1 fully saturated rings. The smallest absolute Gasteiger partial charge is 0.214 e. The molecular weight excluding hydrogens is 322 g/mol. The number of aromatic nitrogens is 3. The maximum absolute atomic E-state index is 5.77. The molecule has 1 aliphatic rings. The lowest BCUT2D eigenvalue weighted by molar-refractivity contribution is 0.340. The van der Waals surface area contributed by atoms with Gasteiger partial charge in [-0.05, 0) is 26.0 Å². The zero-order chi connectivity index (χ0) is 16.5. The number of aryl methyl sites for hydroxylation is 1. The number of hydrogen-bond donors (Lipinski definition) is 0. The first-order valence-corrected chi connectivity index (χ1v) is 9.11. The summed E-state index contributed by atoms with van der Waals surface area (Å²) in [6.07, 6.45) is 1.98. The van der Waals surface area contributed by atoms with E-state index < -0.39 is 0 Å². The Hall–Kier alpha value is -2.28. The zero-order valence-corrected chi connectivity index (χ0v) is 14.8. The number of para-hydroxylation sites is 2. The van der Waals surface area contributed by atoms with E-state index in [4.69, 9.17) is 4.74 Å². The molecule has 3 aromatic rings. The molecule has 4 rings (SSSR count). The molecule has 0 aliphatic carbocycles. The number of benzene rings is 1. The summed E-state index contributed by atoms with van der Waals surface area (Å²) in [5, 5.41) is 5.71. The van der Waals surface area contributed by atoms with Crippen LogP contribution in [-0.4, -0.2) is 47.4 Å². The predicted octanol–water partition coefficient (Wildman–Crippen LogP) is 2.82. The lowest BCUT2D eigenvalue weighted by atomic mass is 10.2. The van der Waals surface area contributed by atoms with Crippen LogP contribution in [0.15, 0.2) is 30.5 Å². The molecule has 2 aromatic heterocycles. The average Bonchev–Trinajstić information content (AvgIpc) is 3.13. The molecule has 7 heteroatoms. The lowest BCUT2D eigenvalue weighted by Gasteiger charge is -2.36. The first kappa shape index (κ1) is 15.3. The van der Waals surface area contributed by atoms with E-state index >= 15 is 0 Å². The Morgan fingerprint density at radius 3 is 2.62 bits per heavy atom. The second-order valence-corrected chi connectivity index (χ2v) is 6.80. The maximum atomic E-state index is 5.77. The summed E-state index contributed by atoms with van der Waals surface area (Å²) in [6, 6.07) is 8.28. The van der Waals surface area contributed by atoms with Gasteiger partial charge in [-0.3, -0.25) is 0 Å². The van der Waals surface area contributed by atoms with Gasteiger partial charge in [0.25, 0.3) is 0 Å². The topological polar surface area (TPSA) is 45.9 Å². The molecule has 1 aliphatic heterocycles. The molecule has 24 heavy (non-hydrogen) atoms. The van der Waals surface area contributed by atoms with Crippen molar-refractivity contribution in [2.24, 2.45) is 0 Å². The van der Waals surface area contributed by atoms with E-state index in [0.717, 1.165) is 47.7 Å². The Morgan fingerprint density at radius 1 is 1.12 bits per heavy atom. The Bertz CT molecular complexity index is 803. The fourth-order valence-electron chi connectivity index (χ4n) is 3.06. The first-order valence-electron chi connectivity index (χ1n) is 8.29. The van der Waals surface area contributed by atoms with E-state index in [-0.39, 0.29) is 0 Å². The molecular formula is C17H21N5OS. The Morgan fingerprint density at radius 2 is 1.88 bits per heavy atom. The third kappa shape index (κ3) is 2.80. The van der Waals surface area contributed by atoms with Gasteiger partial charge in [0.05, 0.1) is 24.2 Å². The summed E-state index contributed by atoms with van der Waals surface area (Å²) >= 11 is 1.66. The number of fused-ring (bicyclic) bond motifs is 1. The minimum absolute atomic E-state index is 0.690. The predicted molar refractivity (Wildman–Crippen MR) is 97.6 cm³/mol. The fourth-order valence-corrected chi connectivity index (χ4v) is 4.04. The number of ether oxygens (including phenoxy) is 1. The second-order valence-electron chi connectivity index (χ2n) is 5.87. The van der Waals surface area contributed by atoms with Gasteiger partial charge >= 0.3 is 0 Å². The SMILES string of the molecule is CCOc1ccccc1N1CCN(c2nn3cc(C)nc3s2)CC1. The molecule has 1 aromatic carbocycles.